The van der Waals surface area contributed by atoms with Gasteiger partial charge in [-0.05, 0) is 41.3 Å². The summed E-state index contributed by atoms with van der Waals surface area (Å²) in [5.41, 5.74) is 4.78. The van der Waals surface area contributed by atoms with Crippen LogP contribution in [0.15, 0.2) is 156 Å². The van der Waals surface area contributed by atoms with Gasteiger partial charge in [-0.25, -0.2) is 0 Å². The molecule has 0 N–H and O–H groups in total. The summed E-state index contributed by atoms with van der Waals surface area (Å²) >= 11 is 0. The van der Waals surface area contributed by atoms with Crippen molar-refractivity contribution in [1.82, 2.24) is 4.41 Å². The highest BCUT2D eigenvalue weighted by Crippen LogP contribution is 2.30. The van der Waals surface area contributed by atoms with Crippen molar-refractivity contribution in [2.45, 2.75) is 62.7 Å². The van der Waals surface area contributed by atoms with Gasteiger partial charge in [0, 0.05) is 7.05 Å². The average molecular weight is 721 g/mol. The summed E-state index contributed by atoms with van der Waals surface area (Å²) in [7, 11) is -2.65. The second kappa shape index (κ2) is 18.1. The Hall–Kier alpha value is -4.84. The van der Waals surface area contributed by atoms with Gasteiger partial charge in [-0.15, -0.1) is 5.10 Å². The van der Waals surface area contributed by atoms with Crippen LogP contribution in [0.4, 0.5) is 0 Å². The Balaban J connectivity index is 1.38. The molecule has 1 aliphatic heterocycles. The lowest BCUT2D eigenvalue weighted by Gasteiger charge is -2.42. The van der Waals surface area contributed by atoms with E-state index in [0.29, 0.717) is 6.61 Å². The number of benzene rings is 5. The lowest BCUT2D eigenvalue weighted by molar-refractivity contribution is -0.196. The van der Waals surface area contributed by atoms with Crippen molar-refractivity contribution in [3.05, 3.63) is 173 Å². The maximum atomic E-state index is 13.8. The summed E-state index contributed by atoms with van der Waals surface area (Å²) in [6, 6.07) is 45.9. The molecular formula is C42H44N2O7S. The quantitative estimate of drug-likeness (QED) is 0.0988. The van der Waals surface area contributed by atoms with Crippen LogP contribution < -0.4 is 0 Å². The molecule has 0 radical (unpaired) electrons. The Bertz CT molecular complexity index is 1950. The van der Waals surface area contributed by atoms with Crippen LogP contribution in [-0.4, -0.2) is 56.8 Å². The molecule has 4 atom stereocenters. The highest BCUT2D eigenvalue weighted by atomic mass is 32.2. The third-order valence-electron chi connectivity index (χ3n) is 8.65. The van der Waals surface area contributed by atoms with Crippen molar-refractivity contribution in [3.8, 4) is 0 Å². The van der Waals surface area contributed by atoms with Gasteiger partial charge in [0.05, 0.1) is 37.9 Å². The summed E-state index contributed by atoms with van der Waals surface area (Å²) in [5.74, 6) is 0.0417. The number of sulfonamides is 1. The van der Waals surface area contributed by atoms with Crippen LogP contribution in [0.5, 0.6) is 0 Å². The minimum absolute atomic E-state index is 0.0417. The van der Waals surface area contributed by atoms with Crippen LogP contribution in [-0.2, 0) is 60.1 Å². The third kappa shape index (κ3) is 9.93. The van der Waals surface area contributed by atoms with Crippen molar-refractivity contribution in [2.24, 2.45) is 5.10 Å². The molecule has 5 aromatic carbocycles. The maximum Gasteiger partial charge on any atom is 0.278 e. The van der Waals surface area contributed by atoms with Crippen molar-refractivity contribution in [1.29, 1.82) is 0 Å². The van der Waals surface area contributed by atoms with Crippen LogP contribution in [0.1, 0.15) is 27.8 Å². The molecule has 0 amide bonds. The predicted molar refractivity (Wildman–Crippen MR) is 200 cm³/mol. The lowest BCUT2D eigenvalue weighted by Crippen LogP contribution is -2.60. The van der Waals surface area contributed by atoms with Gasteiger partial charge in [0.2, 0.25) is 5.90 Å². The van der Waals surface area contributed by atoms with Gasteiger partial charge in [-0.3, -0.25) is 0 Å². The van der Waals surface area contributed by atoms with E-state index in [4.69, 9.17) is 23.7 Å². The standard InChI is InChI=1S/C42H44N2O7S/c1-32-23-25-37(26-24-32)52(45,46)44(2)43-42-41(50-30-36-21-13-6-14-22-36)40(49-29-35-19-11-5-12-20-35)39(48-28-34-17-9-4-10-18-34)38(51-42)31-47-27-33-15-7-3-8-16-33/h3-26,38-41H,27-31H2,1-2H3/b43-42-/t38-,39-,40+,41-/m1/s1. The molecule has 10 heteroatoms. The predicted octanol–water partition coefficient (Wildman–Crippen LogP) is 7.30. The van der Waals surface area contributed by atoms with Gasteiger partial charge < -0.3 is 23.7 Å². The Kier molecular flexibility index (Phi) is 12.8. The summed E-state index contributed by atoms with van der Waals surface area (Å²) < 4.78 is 61.3. The summed E-state index contributed by atoms with van der Waals surface area (Å²) in [5, 5.41) is 4.60. The summed E-state index contributed by atoms with van der Waals surface area (Å²) in [6.45, 7) is 3.05. The van der Waals surface area contributed by atoms with E-state index in [0.717, 1.165) is 32.2 Å². The number of hydrogen-bond donors (Lipinski definition) is 0. The molecule has 1 aliphatic rings. The van der Waals surface area contributed by atoms with Crippen molar-refractivity contribution < 1.29 is 32.1 Å². The highest BCUT2D eigenvalue weighted by Gasteiger charge is 2.48. The molecular weight excluding hydrogens is 677 g/mol. The first-order valence-electron chi connectivity index (χ1n) is 17.3. The van der Waals surface area contributed by atoms with E-state index in [1.165, 1.54) is 7.05 Å². The largest absolute Gasteiger partial charge is 0.469 e. The number of aryl methyl sites for hydroxylation is 1. The first kappa shape index (κ1) is 36.9. The molecule has 1 fully saturated rings. The molecule has 0 aromatic heterocycles. The molecule has 9 nitrogen and oxygen atoms in total. The highest BCUT2D eigenvalue weighted by molar-refractivity contribution is 7.89. The van der Waals surface area contributed by atoms with E-state index >= 15 is 0 Å². The zero-order chi connectivity index (χ0) is 36.2. The van der Waals surface area contributed by atoms with Crippen molar-refractivity contribution in [2.75, 3.05) is 13.7 Å². The Morgan fingerprint density at radius 2 is 1.04 bits per heavy atom. The number of hydrogen-bond acceptors (Lipinski definition) is 8. The van der Waals surface area contributed by atoms with E-state index in [9.17, 15) is 8.42 Å². The van der Waals surface area contributed by atoms with Crippen LogP contribution in [0.3, 0.4) is 0 Å². The average Bonchev–Trinajstić information content (AvgIpc) is 3.18. The Morgan fingerprint density at radius 3 is 1.54 bits per heavy atom. The second-order valence-corrected chi connectivity index (χ2v) is 14.5. The summed E-state index contributed by atoms with van der Waals surface area (Å²) in [4.78, 5) is 0.103. The fourth-order valence-corrected chi connectivity index (χ4v) is 6.76. The van der Waals surface area contributed by atoms with Crippen LogP contribution >= 0.6 is 0 Å². The van der Waals surface area contributed by atoms with Crippen LogP contribution in [0.25, 0.3) is 0 Å². The number of rotatable bonds is 16. The van der Waals surface area contributed by atoms with Gasteiger partial charge in [0.1, 0.15) is 12.2 Å². The topological polar surface area (TPSA) is 95.9 Å². The number of hydrazone groups is 1. The van der Waals surface area contributed by atoms with Gasteiger partial charge in [0.25, 0.3) is 10.0 Å². The molecule has 0 aliphatic carbocycles. The SMILES string of the molecule is Cc1ccc(S(=O)(=O)N(C)/N=C2\O[C@H](COCc3ccccc3)[C@@H](OCc3ccccc3)[C@H](OCc3ccccc3)[C@H]2OCc2ccccc2)cc1. The lowest BCUT2D eigenvalue weighted by atomic mass is 9.98. The molecule has 270 valence electrons. The van der Waals surface area contributed by atoms with Crippen molar-refractivity contribution >= 4 is 15.9 Å². The minimum Gasteiger partial charge on any atom is -0.469 e. The third-order valence-corrected chi connectivity index (χ3v) is 10.3. The molecule has 0 spiro atoms. The Labute approximate surface area is 306 Å². The smallest absolute Gasteiger partial charge is 0.278 e. The van der Waals surface area contributed by atoms with Gasteiger partial charge in [0.15, 0.2) is 12.2 Å². The minimum atomic E-state index is -4.04. The normalized spacial score (nSPS) is 19.6. The summed E-state index contributed by atoms with van der Waals surface area (Å²) in [6.07, 6.45) is -3.16. The fourth-order valence-electron chi connectivity index (χ4n) is 5.79. The van der Waals surface area contributed by atoms with E-state index < -0.39 is 34.4 Å². The fraction of sp³-hybridized carbons (Fsp3) is 0.262. The van der Waals surface area contributed by atoms with Crippen molar-refractivity contribution in [3.63, 3.8) is 0 Å². The molecule has 0 bridgehead atoms. The van der Waals surface area contributed by atoms with Gasteiger partial charge in [-0.1, -0.05) is 139 Å². The maximum absolute atomic E-state index is 13.8. The number of nitrogens with zero attached hydrogens (tertiary/aromatic N) is 2. The molecule has 6 rings (SSSR count). The van der Waals surface area contributed by atoms with Gasteiger partial charge >= 0.3 is 0 Å². The number of ether oxygens (including phenoxy) is 5. The molecule has 1 saturated heterocycles. The zero-order valence-electron chi connectivity index (χ0n) is 29.4. The van der Waals surface area contributed by atoms with E-state index in [2.05, 4.69) is 5.10 Å². The molecule has 1 heterocycles. The van der Waals surface area contributed by atoms with Gasteiger partial charge in [-0.2, -0.15) is 12.8 Å². The molecule has 5 aromatic rings. The van der Waals surface area contributed by atoms with Crippen LogP contribution in [0.2, 0.25) is 0 Å². The van der Waals surface area contributed by atoms with Crippen LogP contribution in [0, 0.1) is 6.92 Å². The molecule has 0 unspecified atom stereocenters. The van der Waals surface area contributed by atoms with E-state index in [1.54, 1.807) is 24.3 Å². The first-order chi connectivity index (χ1) is 25.4. The molecule has 0 saturated carbocycles. The zero-order valence-corrected chi connectivity index (χ0v) is 30.2. The monoisotopic (exact) mass is 720 g/mol. The van der Waals surface area contributed by atoms with E-state index in [-0.39, 0.29) is 37.2 Å². The second-order valence-electron chi connectivity index (χ2n) is 12.6. The van der Waals surface area contributed by atoms with E-state index in [1.807, 2.05) is 128 Å². The Morgan fingerprint density at radius 1 is 0.596 bits per heavy atom. The first-order valence-corrected chi connectivity index (χ1v) is 18.7. The molecule has 52 heavy (non-hydrogen) atoms.